The summed E-state index contributed by atoms with van der Waals surface area (Å²) in [5.74, 6) is -1.12. The molecule has 2 unspecified atom stereocenters. The van der Waals surface area contributed by atoms with Crippen molar-refractivity contribution in [2.75, 3.05) is 23.8 Å². The number of carbonyl (C=O) groups excluding carboxylic acids is 1. The number of anilines is 3. The number of amides is 1. The van der Waals surface area contributed by atoms with Gasteiger partial charge in [-0.25, -0.2) is 0 Å². The lowest BCUT2D eigenvalue weighted by molar-refractivity contribution is -0.119. The summed E-state index contributed by atoms with van der Waals surface area (Å²) in [5, 5.41) is 15.9. The number of fused-ring (bicyclic) bond motifs is 2. The van der Waals surface area contributed by atoms with E-state index in [1.165, 1.54) is 0 Å². The first-order valence-corrected chi connectivity index (χ1v) is 10.7. The van der Waals surface area contributed by atoms with Gasteiger partial charge < -0.3 is 20.1 Å². The molecule has 3 N–H and O–H groups in total. The van der Waals surface area contributed by atoms with Crippen molar-refractivity contribution in [3.05, 3.63) is 69.0 Å². The molecule has 2 aliphatic rings. The lowest BCUT2D eigenvalue weighted by Crippen LogP contribution is -2.38. The van der Waals surface area contributed by atoms with Crippen molar-refractivity contribution < 1.29 is 14.3 Å². The number of aromatic amines is 1. The number of rotatable bonds is 3. The highest BCUT2D eigenvalue weighted by molar-refractivity contribution is 6.30. The van der Waals surface area contributed by atoms with Gasteiger partial charge in [0.25, 0.3) is 5.56 Å². The summed E-state index contributed by atoms with van der Waals surface area (Å²) in [6.07, 6.45) is 0.743. The summed E-state index contributed by atoms with van der Waals surface area (Å²) < 4.78 is 11.4. The van der Waals surface area contributed by atoms with E-state index in [1.54, 1.807) is 42.5 Å². The van der Waals surface area contributed by atoms with Crippen LogP contribution < -0.4 is 25.7 Å². The molecular weight excluding hydrogens is 446 g/mol. The molecule has 0 spiro atoms. The molecule has 0 aliphatic carbocycles. The molecule has 0 fully saturated rings. The van der Waals surface area contributed by atoms with Gasteiger partial charge in [0.05, 0.1) is 24.8 Å². The zero-order valence-electron chi connectivity index (χ0n) is 17.2. The summed E-state index contributed by atoms with van der Waals surface area (Å²) >= 11 is 5.91. The van der Waals surface area contributed by atoms with E-state index in [4.69, 9.17) is 21.1 Å². The summed E-state index contributed by atoms with van der Waals surface area (Å²) in [4.78, 5) is 33.0. The first-order valence-electron chi connectivity index (χ1n) is 10.3. The van der Waals surface area contributed by atoms with Gasteiger partial charge in [0, 0.05) is 23.0 Å². The molecule has 166 valence electrons. The standard InChI is InChI=1S/C23H18ClN5O4/c24-13-3-5-14(6-4-13)26-23-28-20-19(22(31)29-23)18(15(11-25)21(30)27-20)12-2-7-16-17(10-12)33-9-1-8-32-16/h2-7,10,15,18H,1,8-9H2,(H3,26,27,28,29,30,31). The maximum atomic E-state index is 13.2. The monoisotopic (exact) mass is 463 g/mol. The number of carbonyl (C=O) groups is 1. The van der Waals surface area contributed by atoms with Crippen LogP contribution in [0.15, 0.2) is 47.3 Å². The lowest BCUT2D eigenvalue weighted by Gasteiger charge is -2.28. The number of hydrogen-bond acceptors (Lipinski definition) is 7. The van der Waals surface area contributed by atoms with Crippen molar-refractivity contribution in [2.24, 2.45) is 5.92 Å². The Bertz CT molecular complexity index is 1330. The van der Waals surface area contributed by atoms with Crippen molar-refractivity contribution in [1.29, 1.82) is 5.26 Å². The predicted molar refractivity (Wildman–Crippen MR) is 121 cm³/mol. The van der Waals surface area contributed by atoms with E-state index in [1.807, 2.05) is 6.07 Å². The van der Waals surface area contributed by atoms with Crippen LogP contribution in [0.1, 0.15) is 23.5 Å². The molecule has 2 aliphatic heterocycles. The number of aromatic nitrogens is 2. The van der Waals surface area contributed by atoms with Crippen LogP contribution in [0, 0.1) is 17.2 Å². The molecule has 0 radical (unpaired) electrons. The second-order valence-corrected chi connectivity index (χ2v) is 8.08. The molecule has 2 aromatic carbocycles. The van der Waals surface area contributed by atoms with Gasteiger partial charge in [0.2, 0.25) is 11.9 Å². The highest BCUT2D eigenvalue weighted by atomic mass is 35.5. The minimum Gasteiger partial charge on any atom is -0.490 e. The van der Waals surface area contributed by atoms with Gasteiger partial charge in [-0.1, -0.05) is 17.7 Å². The molecule has 1 amide bonds. The third kappa shape index (κ3) is 3.97. The minimum absolute atomic E-state index is 0.101. The zero-order chi connectivity index (χ0) is 22.9. The van der Waals surface area contributed by atoms with E-state index >= 15 is 0 Å². The van der Waals surface area contributed by atoms with Gasteiger partial charge in [-0.2, -0.15) is 10.2 Å². The van der Waals surface area contributed by atoms with Crippen LogP contribution in [-0.4, -0.2) is 29.1 Å². The van der Waals surface area contributed by atoms with Crippen molar-refractivity contribution in [1.82, 2.24) is 9.97 Å². The van der Waals surface area contributed by atoms with E-state index in [9.17, 15) is 14.9 Å². The van der Waals surface area contributed by atoms with Crippen LogP contribution in [-0.2, 0) is 4.79 Å². The molecule has 33 heavy (non-hydrogen) atoms. The molecule has 3 heterocycles. The van der Waals surface area contributed by atoms with Gasteiger partial charge in [-0.05, 0) is 42.0 Å². The SMILES string of the molecule is N#CC1C(=O)Nc2nc(Nc3ccc(Cl)cc3)[nH]c(=O)c2C1c1ccc2c(c1)OCCCO2. The van der Waals surface area contributed by atoms with E-state index in [-0.39, 0.29) is 17.3 Å². The van der Waals surface area contributed by atoms with Crippen molar-refractivity contribution in [3.63, 3.8) is 0 Å². The first-order chi connectivity index (χ1) is 16.0. The number of nitrogens with one attached hydrogen (secondary N) is 3. The molecule has 9 nitrogen and oxygen atoms in total. The average Bonchev–Trinajstić information content (AvgIpc) is 3.04. The van der Waals surface area contributed by atoms with Gasteiger partial charge in [0.1, 0.15) is 11.7 Å². The minimum atomic E-state index is -1.11. The smallest absolute Gasteiger partial charge is 0.258 e. The van der Waals surface area contributed by atoms with E-state index in [0.29, 0.717) is 41.0 Å². The van der Waals surface area contributed by atoms with Gasteiger partial charge in [-0.3, -0.25) is 14.6 Å². The van der Waals surface area contributed by atoms with E-state index < -0.39 is 23.3 Å². The predicted octanol–water partition coefficient (Wildman–Crippen LogP) is 3.55. The Morgan fingerprint density at radius 3 is 2.61 bits per heavy atom. The molecule has 0 saturated carbocycles. The van der Waals surface area contributed by atoms with Crippen LogP contribution in [0.4, 0.5) is 17.5 Å². The normalized spacial score (nSPS) is 19.0. The molecule has 3 aromatic rings. The fraction of sp³-hybridized carbons (Fsp3) is 0.217. The third-order valence-electron chi connectivity index (χ3n) is 5.50. The largest absolute Gasteiger partial charge is 0.490 e. The van der Waals surface area contributed by atoms with Crippen molar-refractivity contribution >= 4 is 35.0 Å². The number of nitrogens with zero attached hydrogens (tertiary/aromatic N) is 2. The Morgan fingerprint density at radius 1 is 1.09 bits per heavy atom. The second kappa shape index (κ2) is 8.48. The van der Waals surface area contributed by atoms with Crippen molar-refractivity contribution in [2.45, 2.75) is 12.3 Å². The number of benzene rings is 2. The molecule has 2 atom stereocenters. The quantitative estimate of drug-likeness (QED) is 0.541. The Balaban J connectivity index is 1.58. The Hall–Kier alpha value is -4.03. The average molecular weight is 464 g/mol. The van der Waals surface area contributed by atoms with Crippen molar-refractivity contribution in [3.8, 4) is 17.6 Å². The Labute approximate surface area is 193 Å². The summed E-state index contributed by atoms with van der Waals surface area (Å²) in [7, 11) is 0. The summed E-state index contributed by atoms with van der Waals surface area (Å²) in [5.41, 5.74) is 0.984. The van der Waals surface area contributed by atoms with Gasteiger partial charge in [0.15, 0.2) is 11.5 Å². The van der Waals surface area contributed by atoms with Crippen LogP contribution in [0.3, 0.4) is 0 Å². The number of hydrogen-bond donors (Lipinski definition) is 3. The zero-order valence-corrected chi connectivity index (χ0v) is 18.0. The first kappa shape index (κ1) is 20.8. The Kier molecular flexibility index (Phi) is 5.36. The fourth-order valence-corrected chi connectivity index (χ4v) is 4.10. The highest BCUT2D eigenvalue weighted by Gasteiger charge is 2.40. The molecule has 0 bridgehead atoms. The molecule has 1 aromatic heterocycles. The molecule has 0 saturated heterocycles. The van der Waals surface area contributed by atoms with Crippen LogP contribution in [0.25, 0.3) is 0 Å². The second-order valence-electron chi connectivity index (χ2n) is 7.64. The summed E-state index contributed by atoms with van der Waals surface area (Å²) in [6.45, 7) is 1.02. The van der Waals surface area contributed by atoms with Crippen LogP contribution in [0.2, 0.25) is 5.02 Å². The van der Waals surface area contributed by atoms with Crippen LogP contribution in [0.5, 0.6) is 11.5 Å². The molecule has 5 rings (SSSR count). The van der Waals surface area contributed by atoms with E-state index in [0.717, 1.165) is 6.42 Å². The number of nitriles is 1. The maximum Gasteiger partial charge on any atom is 0.258 e. The van der Waals surface area contributed by atoms with Gasteiger partial charge >= 0.3 is 0 Å². The van der Waals surface area contributed by atoms with Gasteiger partial charge in [-0.15, -0.1) is 0 Å². The number of H-pyrrole nitrogens is 1. The molecular formula is C23H18ClN5O4. The molecule has 10 heteroatoms. The highest BCUT2D eigenvalue weighted by Crippen LogP contribution is 2.41. The Morgan fingerprint density at radius 2 is 1.85 bits per heavy atom. The lowest BCUT2D eigenvalue weighted by atomic mass is 9.79. The fourth-order valence-electron chi connectivity index (χ4n) is 3.97. The summed E-state index contributed by atoms with van der Waals surface area (Å²) in [6, 6.07) is 14.1. The number of ether oxygens (including phenoxy) is 2. The van der Waals surface area contributed by atoms with E-state index in [2.05, 4.69) is 20.6 Å². The number of halogens is 1. The third-order valence-corrected chi connectivity index (χ3v) is 5.75. The maximum absolute atomic E-state index is 13.2. The topological polar surface area (TPSA) is 129 Å². The van der Waals surface area contributed by atoms with Crippen LogP contribution >= 0.6 is 11.6 Å².